The summed E-state index contributed by atoms with van der Waals surface area (Å²) in [6.45, 7) is 7.44. The van der Waals surface area contributed by atoms with Gasteiger partial charge in [-0.3, -0.25) is 0 Å². The highest BCUT2D eigenvalue weighted by Crippen LogP contribution is 2.26. The van der Waals surface area contributed by atoms with Gasteiger partial charge in [-0.15, -0.1) is 11.6 Å². The van der Waals surface area contributed by atoms with Crippen molar-refractivity contribution in [3.05, 3.63) is 35.9 Å². The van der Waals surface area contributed by atoms with Crippen molar-refractivity contribution in [1.82, 2.24) is 4.98 Å². The van der Waals surface area contributed by atoms with Gasteiger partial charge < -0.3 is 4.90 Å². The summed E-state index contributed by atoms with van der Waals surface area (Å²) in [5.74, 6) is 1.71. The number of anilines is 1. The van der Waals surface area contributed by atoms with Crippen molar-refractivity contribution in [1.29, 1.82) is 0 Å². The monoisotopic (exact) mass is 290 g/mol. The minimum atomic E-state index is 0.501. The van der Waals surface area contributed by atoms with E-state index in [0.29, 0.717) is 11.9 Å². The Labute approximate surface area is 126 Å². The molecule has 0 aliphatic carbocycles. The SMILES string of the molecule is CCC(CC)N(CCCl)c1nc2ccccc2cc1C. The number of nitrogens with zero attached hydrogens (tertiary/aromatic N) is 2. The number of hydrogen-bond acceptors (Lipinski definition) is 2. The van der Waals surface area contributed by atoms with Crippen LogP contribution in [0.5, 0.6) is 0 Å². The fraction of sp³-hybridized carbons (Fsp3) is 0.471. The van der Waals surface area contributed by atoms with Crippen LogP contribution in [0.15, 0.2) is 30.3 Å². The average molecular weight is 291 g/mol. The normalized spacial score (nSPS) is 11.2. The van der Waals surface area contributed by atoms with Crippen LogP contribution < -0.4 is 4.90 Å². The predicted molar refractivity (Wildman–Crippen MR) is 88.9 cm³/mol. The molecule has 0 spiro atoms. The largest absolute Gasteiger partial charge is 0.352 e. The molecular formula is C17H23ClN2. The van der Waals surface area contributed by atoms with Gasteiger partial charge in [0.25, 0.3) is 0 Å². The highest BCUT2D eigenvalue weighted by atomic mass is 35.5. The zero-order valence-electron chi connectivity index (χ0n) is 12.6. The number of rotatable bonds is 6. The second-order valence-electron chi connectivity index (χ2n) is 5.17. The summed E-state index contributed by atoms with van der Waals surface area (Å²) >= 11 is 6.01. The molecule has 1 aromatic carbocycles. The van der Waals surface area contributed by atoms with Crippen molar-refractivity contribution in [2.45, 2.75) is 39.7 Å². The van der Waals surface area contributed by atoms with Crippen LogP contribution in [0, 0.1) is 6.92 Å². The molecule has 108 valence electrons. The van der Waals surface area contributed by atoms with Crippen molar-refractivity contribution < 1.29 is 0 Å². The Bertz CT molecular complexity index is 564. The standard InChI is InChI=1S/C17H23ClN2/c1-4-15(5-2)20(11-10-18)17-13(3)12-14-8-6-7-9-16(14)19-17/h6-9,12,15H,4-5,10-11H2,1-3H3. The Hall–Kier alpha value is -1.28. The lowest BCUT2D eigenvalue weighted by Crippen LogP contribution is -2.37. The second kappa shape index (κ2) is 6.94. The third-order valence-corrected chi connectivity index (χ3v) is 4.04. The van der Waals surface area contributed by atoms with Crippen molar-refractivity contribution in [2.75, 3.05) is 17.3 Å². The van der Waals surface area contributed by atoms with Gasteiger partial charge in [0.1, 0.15) is 5.82 Å². The number of para-hydroxylation sites is 1. The van der Waals surface area contributed by atoms with E-state index in [4.69, 9.17) is 16.6 Å². The molecule has 0 N–H and O–H groups in total. The molecule has 3 heteroatoms. The summed E-state index contributed by atoms with van der Waals surface area (Å²) in [5.41, 5.74) is 2.28. The van der Waals surface area contributed by atoms with E-state index in [0.717, 1.165) is 30.7 Å². The molecule has 1 aromatic heterocycles. The number of aryl methyl sites for hydroxylation is 1. The highest BCUT2D eigenvalue weighted by Gasteiger charge is 2.18. The van der Waals surface area contributed by atoms with Crippen LogP contribution in [0.25, 0.3) is 10.9 Å². The van der Waals surface area contributed by atoms with E-state index < -0.39 is 0 Å². The molecular weight excluding hydrogens is 268 g/mol. The van der Waals surface area contributed by atoms with Crippen LogP contribution in [-0.4, -0.2) is 23.5 Å². The molecule has 0 atom stereocenters. The Balaban J connectivity index is 2.49. The Morgan fingerprint density at radius 3 is 2.55 bits per heavy atom. The highest BCUT2D eigenvalue weighted by molar-refractivity contribution is 6.18. The fourth-order valence-corrected chi connectivity index (χ4v) is 2.97. The quantitative estimate of drug-likeness (QED) is 0.712. The van der Waals surface area contributed by atoms with Crippen LogP contribution in [-0.2, 0) is 0 Å². The molecule has 1 heterocycles. The van der Waals surface area contributed by atoms with Crippen molar-refractivity contribution in [3.63, 3.8) is 0 Å². The molecule has 20 heavy (non-hydrogen) atoms. The lowest BCUT2D eigenvalue weighted by molar-refractivity contribution is 0.562. The van der Waals surface area contributed by atoms with E-state index in [1.54, 1.807) is 0 Å². The third-order valence-electron chi connectivity index (χ3n) is 3.87. The van der Waals surface area contributed by atoms with Crippen molar-refractivity contribution in [2.24, 2.45) is 0 Å². The van der Waals surface area contributed by atoms with Gasteiger partial charge in [-0.1, -0.05) is 32.0 Å². The molecule has 2 rings (SSSR count). The van der Waals surface area contributed by atoms with Crippen LogP contribution >= 0.6 is 11.6 Å². The first kappa shape index (κ1) is 15.1. The molecule has 0 radical (unpaired) electrons. The van der Waals surface area contributed by atoms with Gasteiger partial charge in [-0.25, -0.2) is 4.98 Å². The smallest absolute Gasteiger partial charge is 0.132 e. The molecule has 0 amide bonds. The number of alkyl halides is 1. The predicted octanol–water partition coefficient (Wildman–Crippen LogP) is 4.78. The molecule has 0 unspecified atom stereocenters. The first-order valence-corrected chi connectivity index (χ1v) is 7.93. The topological polar surface area (TPSA) is 16.1 Å². The van der Waals surface area contributed by atoms with Crippen LogP contribution in [0.1, 0.15) is 32.3 Å². The van der Waals surface area contributed by atoms with Crippen LogP contribution in [0.4, 0.5) is 5.82 Å². The van der Waals surface area contributed by atoms with Gasteiger partial charge in [-0.2, -0.15) is 0 Å². The van der Waals surface area contributed by atoms with E-state index in [1.807, 2.05) is 6.07 Å². The summed E-state index contributed by atoms with van der Waals surface area (Å²) in [7, 11) is 0. The Morgan fingerprint density at radius 2 is 1.90 bits per heavy atom. The van der Waals surface area contributed by atoms with Crippen LogP contribution in [0.3, 0.4) is 0 Å². The number of fused-ring (bicyclic) bond motifs is 1. The summed E-state index contributed by atoms with van der Waals surface area (Å²) in [6, 6.07) is 11.0. The van der Waals surface area contributed by atoms with Gasteiger partial charge in [0.2, 0.25) is 0 Å². The number of benzene rings is 1. The molecule has 0 fully saturated rings. The first-order chi connectivity index (χ1) is 9.71. The molecule has 0 bridgehead atoms. The van der Waals surface area contributed by atoms with Gasteiger partial charge in [0.05, 0.1) is 5.52 Å². The van der Waals surface area contributed by atoms with Gasteiger partial charge in [-0.05, 0) is 37.5 Å². The van der Waals surface area contributed by atoms with Gasteiger partial charge in [0.15, 0.2) is 0 Å². The molecule has 0 saturated heterocycles. The van der Waals surface area contributed by atoms with E-state index >= 15 is 0 Å². The van der Waals surface area contributed by atoms with Gasteiger partial charge in [0, 0.05) is 23.9 Å². The van der Waals surface area contributed by atoms with E-state index in [2.05, 4.69) is 49.9 Å². The minimum Gasteiger partial charge on any atom is -0.352 e. The summed E-state index contributed by atoms with van der Waals surface area (Å²) < 4.78 is 0. The van der Waals surface area contributed by atoms with Crippen LogP contribution in [0.2, 0.25) is 0 Å². The molecule has 0 aliphatic rings. The van der Waals surface area contributed by atoms with Crippen molar-refractivity contribution in [3.8, 4) is 0 Å². The fourth-order valence-electron chi connectivity index (χ4n) is 2.78. The molecule has 0 aliphatic heterocycles. The second-order valence-corrected chi connectivity index (χ2v) is 5.55. The lowest BCUT2D eigenvalue weighted by atomic mass is 10.1. The summed E-state index contributed by atoms with van der Waals surface area (Å²) in [5, 5.41) is 1.20. The average Bonchev–Trinajstić information content (AvgIpc) is 2.47. The number of hydrogen-bond donors (Lipinski definition) is 0. The number of halogens is 1. The summed E-state index contributed by atoms with van der Waals surface area (Å²) in [4.78, 5) is 7.25. The summed E-state index contributed by atoms with van der Waals surface area (Å²) in [6.07, 6.45) is 2.22. The lowest BCUT2D eigenvalue weighted by Gasteiger charge is -2.32. The Morgan fingerprint density at radius 1 is 1.20 bits per heavy atom. The molecule has 2 aromatic rings. The maximum atomic E-state index is 6.01. The third kappa shape index (κ3) is 3.06. The number of aromatic nitrogens is 1. The van der Waals surface area contributed by atoms with Crippen molar-refractivity contribution >= 4 is 28.3 Å². The van der Waals surface area contributed by atoms with E-state index in [1.165, 1.54) is 10.9 Å². The molecule has 2 nitrogen and oxygen atoms in total. The zero-order chi connectivity index (χ0) is 14.5. The maximum absolute atomic E-state index is 6.01. The zero-order valence-corrected chi connectivity index (χ0v) is 13.3. The Kier molecular flexibility index (Phi) is 5.24. The van der Waals surface area contributed by atoms with Gasteiger partial charge >= 0.3 is 0 Å². The van der Waals surface area contributed by atoms with E-state index in [9.17, 15) is 0 Å². The minimum absolute atomic E-state index is 0.501. The molecule has 0 saturated carbocycles. The first-order valence-electron chi connectivity index (χ1n) is 7.40. The number of pyridine rings is 1. The maximum Gasteiger partial charge on any atom is 0.132 e. The van der Waals surface area contributed by atoms with E-state index in [-0.39, 0.29) is 0 Å².